The number of ether oxygens (including phenoxy) is 1. The molecule has 7 N–H and O–H groups in total. The third kappa shape index (κ3) is 2.61. The third-order valence-electron chi connectivity index (χ3n) is 1.72. The second-order valence-electron chi connectivity index (χ2n) is 3.15. The number of imidazole rings is 1. The summed E-state index contributed by atoms with van der Waals surface area (Å²) >= 11 is 0. The molecular formula is C6H9N6O4P. The minimum absolute atomic E-state index is 0.0703. The largest absolute Gasteiger partial charge is 0.463 e. The van der Waals surface area contributed by atoms with Gasteiger partial charge in [0, 0.05) is 0 Å². The summed E-state index contributed by atoms with van der Waals surface area (Å²) in [5.41, 5.74) is 11.2. The Morgan fingerprint density at radius 3 is 2.65 bits per heavy atom. The molecule has 0 unspecified atom stereocenters. The molecule has 0 amide bonds. The molecule has 10 nitrogen and oxygen atoms in total. The minimum atomic E-state index is -4.31. The van der Waals surface area contributed by atoms with E-state index in [9.17, 15) is 4.57 Å². The van der Waals surface area contributed by atoms with E-state index in [2.05, 4.69) is 19.9 Å². The van der Waals surface area contributed by atoms with Gasteiger partial charge >= 0.3 is 7.60 Å². The van der Waals surface area contributed by atoms with Crippen LogP contribution in [0.1, 0.15) is 0 Å². The van der Waals surface area contributed by atoms with Crippen molar-refractivity contribution in [2.45, 2.75) is 0 Å². The number of hydrogen-bond acceptors (Lipinski definition) is 7. The standard InChI is InChI=1S/C6H9N6O4P/c7-5-9-2-3(10-5)11-6(8)12-4(2)16-1-17(13,14)15/h1H2,(H2,13,14,15)(H5,7,8,9,10,11,12). The summed E-state index contributed by atoms with van der Waals surface area (Å²) in [6.07, 6.45) is -0.822. The highest BCUT2D eigenvalue weighted by molar-refractivity contribution is 7.51. The minimum Gasteiger partial charge on any atom is -0.463 e. The molecular weight excluding hydrogens is 251 g/mol. The van der Waals surface area contributed by atoms with E-state index < -0.39 is 13.9 Å². The molecule has 92 valence electrons. The topological polar surface area (TPSA) is 173 Å². The Bertz CT molecular complexity index is 606. The van der Waals surface area contributed by atoms with Gasteiger partial charge < -0.3 is 31.0 Å². The second kappa shape index (κ2) is 3.84. The summed E-state index contributed by atoms with van der Waals surface area (Å²) in [5.74, 6) is -0.175. The second-order valence-corrected chi connectivity index (χ2v) is 4.73. The molecule has 2 aromatic heterocycles. The Labute approximate surface area is 94.2 Å². The van der Waals surface area contributed by atoms with Gasteiger partial charge in [-0.15, -0.1) is 0 Å². The first-order valence-corrected chi connectivity index (χ1v) is 6.11. The molecule has 2 rings (SSSR count). The summed E-state index contributed by atoms with van der Waals surface area (Å²) in [6.45, 7) is 0. The Morgan fingerprint density at radius 2 is 2.00 bits per heavy atom. The molecule has 0 spiro atoms. The van der Waals surface area contributed by atoms with Gasteiger partial charge in [0.25, 0.3) is 0 Å². The van der Waals surface area contributed by atoms with Gasteiger partial charge in [-0.1, -0.05) is 0 Å². The first-order chi connectivity index (χ1) is 7.85. The first kappa shape index (κ1) is 11.6. The van der Waals surface area contributed by atoms with Crippen LogP contribution in [0.5, 0.6) is 5.88 Å². The average molecular weight is 260 g/mol. The Balaban J connectivity index is 2.41. The van der Waals surface area contributed by atoms with Gasteiger partial charge in [-0.05, 0) is 0 Å². The van der Waals surface area contributed by atoms with Crippen LogP contribution in [0, 0.1) is 0 Å². The highest BCUT2D eigenvalue weighted by Gasteiger charge is 2.18. The van der Waals surface area contributed by atoms with Gasteiger partial charge in [-0.2, -0.15) is 15.0 Å². The molecule has 11 heteroatoms. The van der Waals surface area contributed by atoms with Crippen LogP contribution >= 0.6 is 7.60 Å². The summed E-state index contributed by atoms with van der Waals surface area (Å²) in [6, 6.07) is 0. The van der Waals surface area contributed by atoms with Crippen molar-refractivity contribution in [3.8, 4) is 5.88 Å². The predicted octanol–water partition coefficient (Wildman–Crippen LogP) is -0.969. The lowest BCUT2D eigenvalue weighted by Gasteiger charge is -2.06. The van der Waals surface area contributed by atoms with Crippen LogP contribution in [0.2, 0.25) is 0 Å². The molecule has 2 heterocycles. The number of fused-ring (bicyclic) bond motifs is 1. The number of aromatic nitrogens is 4. The van der Waals surface area contributed by atoms with Gasteiger partial charge in [0.15, 0.2) is 17.9 Å². The Kier molecular flexibility index (Phi) is 2.62. The molecule has 0 saturated heterocycles. The lowest BCUT2D eigenvalue weighted by atomic mass is 10.5. The molecule has 0 bridgehead atoms. The maximum absolute atomic E-state index is 10.7. The van der Waals surface area contributed by atoms with Crippen LogP contribution in [0.3, 0.4) is 0 Å². The van der Waals surface area contributed by atoms with E-state index in [1.54, 1.807) is 0 Å². The highest BCUT2D eigenvalue weighted by atomic mass is 31.2. The predicted molar refractivity (Wildman–Crippen MR) is 58.0 cm³/mol. The van der Waals surface area contributed by atoms with Crippen LogP contribution in [-0.2, 0) is 4.57 Å². The fourth-order valence-electron chi connectivity index (χ4n) is 1.16. The number of aromatic amines is 1. The van der Waals surface area contributed by atoms with Crippen molar-refractivity contribution in [2.75, 3.05) is 17.8 Å². The molecule has 0 aliphatic heterocycles. The molecule has 0 aliphatic rings. The zero-order chi connectivity index (χ0) is 12.6. The van der Waals surface area contributed by atoms with E-state index in [4.69, 9.17) is 26.0 Å². The number of nitrogen functional groups attached to an aromatic ring is 2. The van der Waals surface area contributed by atoms with Gasteiger partial charge in [0.1, 0.15) is 5.52 Å². The van der Waals surface area contributed by atoms with Crippen LogP contribution in [-0.4, -0.2) is 36.1 Å². The zero-order valence-electron chi connectivity index (χ0n) is 8.36. The van der Waals surface area contributed by atoms with Gasteiger partial charge in [-0.25, -0.2) is 0 Å². The van der Waals surface area contributed by atoms with E-state index in [1.165, 1.54) is 0 Å². The normalized spacial score (nSPS) is 11.9. The smallest absolute Gasteiger partial charge is 0.362 e. The van der Waals surface area contributed by atoms with Crippen molar-refractivity contribution < 1.29 is 19.1 Å². The maximum atomic E-state index is 10.7. The lowest BCUT2D eigenvalue weighted by Crippen LogP contribution is -2.03. The number of H-pyrrole nitrogens is 1. The van der Waals surface area contributed by atoms with Gasteiger partial charge in [-0.3, -0.25) is 4.57 Å². The quantitative estimate of drug-likeness (QED) is 0.435. The monoisotopic (exact) mass is 260 g/mol. The molecule has 0 aliphatic carbocycles. The van der Waals surface area contributed by atoms with Crippen molar-refractivity contribution >= 4 is 30.7 Å². The molecule has 2 aromatic rings. The van der Waals surface area contributed by atoms with Crippen LogP contribution in [0.25, 0.3) is 11.2 Å². The summed E-state index contributed by atoms with van der Waals surface area (Å²) in [4.78, 5) is 31.2. The van der Waals surface area contributed by atoms with Crippen molar-refractivity contribution in [1.82, 2.24) is 19.9 Å². The highest BCUT2D eigenvalue weighted by Crippen LogP contribution is 2.35. The maximum Gasteiger partial charge on any atom is 0.362 e. The fraction of sp³-hybridized carbons (Fsp3) is 0.167. The number of nitrogens with one attached hydrogen (secondary N) is 1. The first-order valence-electron chi connectivity index (χ1n) is 4.31. The molecule has 0 radical (unpaired) electrons. The molecule has 17 heavy (non-hydrogen) atoms. The zero-order valence-corrected chi connectivity index (χ0v) is 9.26. The average Bonchev–Trinajstić information content (AvgIpc) is 2.53. The van der Waals surface area contributed by atoms with Crippen LogP contribution in [0.15, 0.2) is 0 Å². The molecule has 0 atom stereocenters. The molecule has 0 saturated carbocycles. The number of nitrogens with zero attached hydrogens (tertiary/aromatic N) is 3. The van der Waals surface area contributed by atoms with Crippen molar-refractivity contribution in [1.29, 1.82) is 0 Å². The number of rotatable bonds is 3. The van der Waals surface area contributed by atoms with Crippen molar-refractivity contribution in [2.24, 2.45) is 0 Å². The number of nitrogens with two attached hydrogens (primary N) is 2. The van der Waals surface area contributed by atoms with Crippen LogP contribution < -0.4 is 16.2 Å². The molecule has 0 fully saturated rings. The Morgan fingerprint density at radius 1 is 1.29 bits per heavy atom. The SMILES string of the molecule is Nc1nc(OCP(=O)(O)O)c2[nH]c(N)nc2n1. The van der Waals surface area contributed by atoms with Gasteiger partial charge in [0.05, 0.1) is 0 Å². The summed E-state index contributed by atoms with van der Waals surface area (Å²) in [5, 5.41) is 0. The lowest BCUT2D eigenvalue weighted by molar-refractivity contribution is 0.296. The van der Waals surface area contributed by atoms with Crippen molar-refractivity contribution in [3.63, 3.8) is 0 Å². The van der Waals surface area contributed by atoms with Crippen molar-refractivity contribution in [3.05, 3.63) is 0 Å². The van der Waals surface area contributed by atoms with E-state index >= 15 is 0 Å². The number of hydrogen-bond donors (Lipinski definition) is 5. The van der Waals surface area contributed by atoms with E-state index in [-0.39, 0.29) is 28.9 Å². The number of anilines is 2. The van der Waals surface area contributed by atoms with Crippen LogP contribution in [0.4, 0.5) is 11.9 Å². The summed E-state index contributed by atoms with van der Waals surface area (Å²) in [7, 11) is -4.31. The third-order valence-corrected chi connectivity index (χ3v) is 2.19. The van der Waals surface area contributed by atoms with E-state index in [0.29, 0.717) is 0 Å². The fourth-order valence-corrected chi connectivity index (χ4v) is 1.45. The molecule has 0 aromatic carbocycles. The Hall–Kier alpha value is -1.90. The van der Waals surface area contributed by atoms with E-state index in [0.717, 1.165) is 0 Å². The van der Waals surface area contributed by atoms with E-state index in [1.807, 2.05) is 0 Å². The summed E-state index contributed by atoms with van der Waals surface area (Å²) < 4.78 is 15.5. The van der Waals surface area contributed by atoms with Gasteiger partial charge in [0.2, 0.25) is 11.8 Å².